The van der Waals surface area contributed by atoms with E-state index in [9.17, 15) is 9.59 Å². The lowest BCUT2D eigenvalue weighted by atomic mass is 10.1. The Labute approximate surface area is 169 Å². The first-order valence-corrected chi connectivity index (χ1v) is 10.2. The van der Waals surface area contributed by atoms with Gasteiger partial charge in [-0.15, -0.1) is 0 Å². The van der Waals surface area contributed by atoms with Crippen molar-refractivity contribution in [3.63, 3.8) is 0 Å². The first-order chi connectivity index (χ1) is 13.5. The maximum absolute atomic E-state index is 13.1. The summed E-state index contributed by atoms with van der Waals surface area (Å²) in [5.74, 6) is 0.304. The molecule has 0 fully saturated rings. The number of benzene rings is 2. The molecule has 1 N–H and O–H groups in total. The molecule has 150 valence electrons. The number of carbonyl (C=O) groups is 2. The van der Waals surface area contributed by atoms with Gasteiger partial charge in [0.25, 0.3) is 0 Å². The molecule has 0 aliphatic carbocycles. The Balaban J connectivity index is 2.15. The van der Waals surface area contributed by atoms with Crippen molar-refractivity contribution < 1.29 is 9.59 Å². The van der Waals surface area contributed by atoms with E-state index in [0.717, 1.165) is 17.5 Å². The van der Waals surface area contributed by atoms with E-state index in [-0.39, 0.29) is 11.8 Å². The zero-order valence-corrected chi connectivity index (χ0v) is 17.2. The van der Waals surface area contributed by atoms with E-state index >= 15 is 0 Å². The maximum Gasteiger partial charge on any atom is 0.242 e. The predicted octanol–water partition coefficient (Wildman–Crippen LogP) is 3.85. The van der Waals surface area contributed by atoms with Gasteiger partial charge in [-0.1, -0.05) is 81.4 Å². The number of hydrogen-bond donors (Lipinski definition) is 1. The molecule has 0 saturated carbocycles. The summed E-state index contributed by atoms with van der Waals surface area (Å²) >= 11 is 0. The summed E-state index contributed by atoms with van der Waals surface area (Å²) in [4.78, 5) is 27.7. The van der Waals surface area contributed by atoms with Gasteiger partial charge in [0.15, 0.2) is 0 Å². The molecule has 0 aliphatic heterocycles. The summed E-state index contributed by atoms with van der Waals surface area (Å²) < 4.78 is 0. The number of nitrogens with zero attached hydrogens (tertiary/aromatic N) is 1. The van der Waals surface area contributed by atoms with Gasteiger partial charge in [0.05, 0.1) is 6.42 Å². The Morgan fingerprint density at radius 1 is 0.929 bits per heavy atom. The molecule has 0 radical (unpaired) electrons. The van der Waals surface area contributed by atoms with Crippen LogP contribution in [0.25, 0.3) is 0 Å². The highest BCUT2D eigenvalue weighted by Crippen LogP contribution is 2.12. The number of hydrogen-bond acceptors (Lipinski definition) is 2. The number of carbonyl (C=O) groups excluding carboxylic acids is 2. The van der Waals surface area contributed by atoms with Crippen molar-refractivity contribution in [2.75, 3.05) is 13.1 Å². The minimum atomic E-state index is -0.446. The zero-order chi connectivity index (χ0) is 20.4. The van der Waals surface area contributed by atoms with Crippen molar-refractivity contribution in [1.29, 1.82) is 0 Å². The Morgan fingerprint density at radius 3 is 2.04 bits per heavy atom. The predicted molar refractivity (Wildman–Crippen MR) is 114 cm³/mol. The number of nitrogens with one attached hydrogen (secondary N) is 1. The molecule has 0 heterocycles. The fourth-order valence-corrected chi connectivity index (χ4v) is 3.19. The number of rotatable bonds is 10. The molecule has 0 saturated heterocycles. The number of amides is 2. The van der Waals surface area contributed by atoms with Crippen LogP contribution in [0.3, 0.4) is 0 Å². The van der Waals surface area contributed by atoms with Crippen molar-refractivity contribution >= 4 is 11.8 Å². The minimum Gasteiger partial charge on any atom is -0.354 e. The zero-order valence-electron chi connectivity index (χ0n) is 17.2. The van der Waals surface area contributed by atoms with Gasteiger partial charge in [-0.3, -0.25) is 9.59 Å². The van der Waals surface area contributed by atoms with E-state index in [1.54, 1.807) is 4.90 Å². The van der Waals surface area contributed by atoms with Crippen molar-refractivity contribution in [3.8, 4) is 0 Å². The first kappa shape index (κ1) is 21.7. The summed E-state index contributed by atoms with van der Waals surface area (Å²) in [6, 6.07) is 19.4. The highest BCUT2D eigenvalue weighted by atomic mass is 16.2. The molecular weight excluding hydrogens is 348 g/mol. The third-order valence-electron chi connectivity index (χ3n) is 4.75. The topological polar surface area (TPSA) is 49.4 Å². The lowest BCUT2D eigenvalue weighted by Crippen LogP contribution is -2.51. The molecule has 2 aromatic carbocycles. The Bertz CT molecular complexity index is 729. The molecule has 2 aromatic rings. The molecule has 1 unspecified atom stereocenters. The summed E-state index contributed by atoms with van der Waals surface area (Å²) in [5.41, 5.74) is 2.13. The Hall–Kier alpha value is -2.62. The summed E-state index contributed by atoms with van der Waals surface area (Å²) in [7, 11) is 0. The van der Waals surface area contributed by atoms with E-state index in [2.05, 4.69) is 31.3 Å². The minimum absolute atomic E-state index is 0.00585. The smallest absolute Gasteiger partial charge is 0.242 e. The van der Waals surface area contributed by atoms with Gasteiger partial charge >= 0.3 is 0 Å². The standard InChI is InChI=1S/C24H32N2O2/c1-4-22(24(28)25-18-19(2)3)26(16-15-20-11-7-5-8-12-20)23(27)17-21-13-9-6-10-14-21/h5-14,19,22H,4,15-18H2,1-3H3,(H,25,28). The molecule has 2 amide bonds. The molecule has 4 heteroatoms. The van der Waals surface area contributed by atoms with Gasteiger partial charge in [-0.05, 0) is 29.9 Å². The third kappa shape index (κ3) is 6.84. The van der Waals surface area contributed by atoms with E-state index in [4.69, 9.17) is 0 Å². The molecule has 0 bridgehead atoms. The van der Waals surface area contributed by atoms with Crippen molar-refractivity contribution in [3.05, 3.63) is 71.8 Å². The van der Waals surface area contributed by atoms with Gasteiger partial charge in [0.2, 0.25) is 11.8 Å². The van der Waals surface area contributed by atoms with Crippen LogP contribution in [-0.2, 0) is 22.4 Å². The van der Waals surface area contributed by atoms with Crippen molar-refractivity contribution in [2.45, 2.75) is 46.1 Å². The molecule has 2 rings (SSSR count). The summed E-state index contributed by atoms with van der Waals surface area (Å²) in [6.07, 6.45) is 1.64. The van der Waals surface area contributed by atoms with Gasteiger partial charge in [0, 0.05) is 13.1 Å². The van der Waals surface area contributed by atoms with Gasteiger partial charge in [-0.25, -0.2) is 0 Å². The molecule has 0 spiro atoms. The average molecular weight is 381 g/mol. The van der Waals surface area contributed by atoms with Crippen LogP contribution in [0, 0.1) is 5.92 Å². The highest BCUT2D eigenvalue weighted by molar-refractivity contribution is 5.88. The van der Waals surface area contributed by atoms with Crippen LogP contribution >= 0.6 is 0 Å². The molecule has 0 aliphatic rings. The van der Waals surface area contributed by atoms with Crippen LogP contribution in [0.15, 0.2) is 60.7 Å². The molecule has 4 nitrogen and oxygen atoms in total. The van der Waals surface area contributed by atoms with Crippen LogP contribution in [0.4, 0.5) is 0 Å². The van der Waals surface area contributed by atoms with E-state index < -0.39 is 6.04 Å². The maximum atomic E-state index is 13.1. The first-order valence-electron chi connectivity index (χ1n) is 10.2. The van der Waals surface area contributed by atoms with Gasteiger partial charge in [0.1, 0.15) is 6.04 Å². The lowest BCUT2D eigenvalue weighted by molar-refractivity contribution is -0.140. The average Bonchev–Trinajstić information content (AvgIpc) is 2.70. The van der Waals surface area contributed by atoms with Gasteiger partial charge < -0.3 is 10.2 Å². The van der Waals surface area contributed by atoms with Crippen LogP contribution in [0.5, 0.6) is 0 Å². The summed E-state index contributed by atoms with van der Waals surface area (Å²) in [6.45, 7) is 7.24. The van der Waals surface area contributed by atoms with E-state index in [1.807, 2.05) is 55.5 Å². The second kappa shape index (κ2) is 11.3. The molecule has 28 heavy (non-hydrogen) atoms. The van der Waals surface area contributed by atoms with Crippen LogP contribution in [-0.4, -0.2) is 35.8 Å². The van der Waals surface area contributed by atoms with Crippen molar-refractivity contribution in [2.24, 2.45) is 5.92 Å². The SMILES string of the molecule is CCC(C(=O)NCC(C)C)N(CCc1ccccc1)C(=O)Cc1ccccc1. The van der Waals surface area contributed by atoms with E-state index in [0.29, 0.717) is 31.8 Å². The highest BCUT2D eigenvalue weighted by Gasteiger charge is 2.28. The van der Waals surface area contributed by atoms with Crippen molar-refractivity contribution in [1.82, 2.24) is 10.2 Å². The fourth-order valence-electron chi connectivity index (χ4n) is 3.19. The van der Waals surface area contributed by atoms with Crippen LogP contribution < -0.4 is 5.32 Å². The largest absolute Gasteiger partial charge is 0.354 e. The fraction of sp³-hybridized carbons (Fsp3) is 0.417. The lowest BCUT2D eigenvalue weighted by Gasteiger charge is -2.31. The monoisotopic (exact) mass is 380 g/mol. The molecular formula is C24H32N2O2. The second-order valence-electron chi connectivity index (χ2n) is 7.55. The Morgan fingerprint density at radius 2 is 1.50 bits per heavy atom. The normalized spacial score (nSPS) is 11.9. The van der Waals surface area contributed by atoms with Gasteiger partial charge in [-0.2, -0.15) is 0 Å². The molecule has 0 aromatic heterocycles. The summed E-state index contributed by atoms with van der Waals surface area (Å²) in [5, 5.41) is 3.00. The third-order valence-corrected chi connectivity index (χ3v) is 4.75. The molecule has 1 atom stereocenters. The second-order valence-corrected chi connectivity index (χ2v) is 7.55. The van der Waals surface area contributed by atoms with Crippen LogP contribution in [0.1, 0.15) is 38.3 Å². The van der Waals surface area contributed by atoms with Crippen LogP contribution in [0.2, 0.25) is 0 Å². The van der Waals surface area contributed by atoms with E-state index in [1.165, 1.54) is 0 Å². The Kier molecular flexibility index (Phi) is 8.73. The quantitative estimate of drug-likeness (QED) is 0.681.